The quantitative estimate of drug-likeness (QED) is 0.105. The fourth-order valence-corrected chi connectivity index (χ4v) is 6.90. The third-order valence-electron chi connectivity index (χ3n) is 10.9. The van der Waals surface area contributed by atoms with Gasteiger partial charge in [0, 0.05) is 22.7 Å². The van der Waals surface area contributed by atoms with E-state index in [4.69, 9.17) is 42.7 Å². The van der Waals surface area contributed by atoms with E-state index in [2.05, 4.69) is 63.7 Å². The van der Waals surface area contributed by atoms with Crippen molar-refractivity contribution < 1.29 is 46.5 Å². The summed E-state index contributed by atoms with van der Waals surface area (Å²) in [6.07, 6.45) is 2.69. The summed E-state index contributed by atoms with van der Waals surface area (Å²) in [6, 6.07) is 32.6. The zero-order valence-electron chi connectivity index (χ0n) is 44.9. The Bertz CT molecular complexity index is 2530. The summed E-state index contributed by atoms with van der Waals surface area (Å²) in [5.41, 5.74) is 7.62. The highest BCUT2D eigenvalue weighted by molar-refractivity contribution is 6.31. The smallest absolute Gasteiger partial charge is 0.373 e. The molecular formula is C61H75ClF5NO5. The van der Waals surface area contributed by atoms with Crippen LogP contribution in [-0.2, 0) is 22.6 Å². The number of phenols is 1. The summed E-state index contributed by atoms with van der Waals surface area (Å²) in [7, 11) is 1.53. The molecule has 0 saturated heterocycles. The van der Waals surface area contributed by atoms with Crippen molar-refractivity contribution in [3.8, 4) is 11.5 Å². The van der Waals surface area contributed by atoms with Crippen molar-refractivity contribution >= 4 is 23.4 Å². The molecular weight excluding hydrogens is 957 g/mol. The van der Waals surface area contributed by atoms with Crippen molar-refractivity contribution in [2.24, 2.45) is 0 Å². The van der Waals surface area contributed by atoms with Crippen LogP contribution in [0.2, 0.25) is 5.02 Å². The van der Waals surface area contributed by atoms with Gasteiger partial charge in [0.15, 0.2) is 5.69 Å². The summed E-state index contributed by atoms with van der Waals surface area (Å²) >= 11 is 5.78. The van der Waals surface area contributed by atoms with Gasteiger partial charge in [-0.2, -0.15) is 9.59 Å². The second-order valence-corrected chi connectivity index (χ2v) is 19.0. The predicted octanol–water partition coefficient (Wildman–Crippen LogP) is 18.3. The van der Waals surface area contributed by atoms with Crippen LogP contribution in [0.15, 0.2) is 115 Å². The van der Waals surface area contributed by atoms with Gasteiger partial charge in [0.05, 0.1) is 20.3 Å². The molecule has 0 radical (unpaired) electrons. The number of rotatable bonds is 10. The molecule has 0 unspecified atom stereocenters. The fourth-order valence-electron chi connectivity index (χ4n) is 6.52. The van der Waals surface area contributed by atoms with Gasteiger partial charge in [-0.3, -0.25) is 0 Å². The Morgan fingerprint density at radius 1 is 0.562 bits per heavy atom. The number of hydrogen-bond donors (Lipinski definition) is 2. The van der Waals surface area contributed by atoms with E-state index in [-0.39, 0.29) is 52.7 Å². The van der Waals surface area contributed by atoms with Gasteiger partial charge in [-0.05, 0) is 117 Å². The third kappa shape index (κ3) is 25.8. The number of hydrogen-bond acceptors (Lipinski definition) is 5. The van der Waals surface area contributed by atoms with Crippen LogP contribution in [0.3, 0.4) is 0 Å². The van der Waals surface area contributed by atoms with Crippen molar-refractivity contribution in [3.05, 3.63) is 205 Å². The Hall–Kier alpha value is -6.31. The van der Waals surface area contributed by atoms with E-state index in [9.17, 15) is 22.0 Å². The SMILES string of the molecule is CC(C)c1cc(F)c(CO)cc1F.CC(C)c1ccc(F)cc1Cl.CC(C)c1ccc(O)cc1F.CCCc1ccc(C(C)C)cc1.COc1ccc(C(C)C)c(F)c1.O=C=O.[C-]#[N+]c1ccc(C(C)C)cc1. The maximum Gasteiger partial charge on any atom is 0.373 e. The molecule has 6 aromatic rings. The van der Waals surface area contributed by atoms with E-state index < -0.39 is 18.2 Å². The lowest BCUT2D eigenvalue weighted by Gasteiger charge is -2.08. The number of carbonyl (C=O) groups excluding carboxylic acids is 2. The number of aryl methyl sites for hydroxylation is 1. The first kappa shape index (κ1) is 66.7. The Balaban J connectivity index is 0.000000843. The number of ether oxygens (including phenoxy) is 1. The summed E-state index contributed by atoms with van der Waals surface area (Å²) < 4.78 is 69.8. The minimum Gasteiger partial charge on any atom is -0.508 e. The number of aromatic hydroxyl groups is 1. The van der Waals surface area contributed by atoms with Crippen molar-refractivity contribution in [1.29, 1.82) is 0 Å². The van der Waals surface area contributed by atoms with Gasteiger partial charge in [0.25, 0.3) is 0 Å². The van der Waals surface area contributed by atoms with Gasteiger partial charge in [-0.15, -0.1) is 0 Å². The van der Waals surface area contributed by atoms with Gasteiger partial charge in [-0.1, -0.05) is 175 Å². The number of aliphatic hydroxyl groups excluding tert-OH is 1. The molecule has 0 aliphatic rings. The van der Waals surface area contributed by atoms with Gasteiger partial charge < -0.3 is 14.9 Å². The average molecular weight is 1030 g/mol. The predicted molar refractivity (Wildman–Crippen MR) is 287 cm³/mol. The Kier molecular flexibility index (Phi) is 32.7. The largest absolute Gasteiger partial charge is 0.508 e. The lowest BCUT2D eigenvalue weighted by Crippen LogP contribution is -1.99. The average Bonchev–Trinajstić information content (AvgIpc) is 3.33. The summed E-state index contributed by atoms with van der Waals surface area (Å²) in [5.74, 6) is 0.618. The molecule has 0 spiro atoms. The van der Waals surface area contributed by atoms with Crippen molar-refractivity contribution in [3.63, 3.8) is 0 Å². The molecule has 0 bridgehead atoms. The summed E-state index contributed by atoms with van der Waals surface area (Å²) in [6.45, 7) is 32.6. The maximum absolute atomic E-state index is 13.2. The van der Waals surface area contributed by atoms with Crippen LogP contribution in [0.25, 0.3) is 4.85 Å². The van der Waals surface area contributed by atoms with Gasteiger partial charge in [-0.25, -0.2) is 26.8 Å². The minimum absolute atomic E-state index is 0.00176. The van der Waals surface area contributed by atoms with E-state index in [0.29, 0.717) is 39.7 Å². The molecule has 0 atom stereocenters. The first-order valence-electron chi connectivity index (χ1n) is 24.2. The second kappa shape index (κ2) is 35.7. The Morgan fingerprint density at radius 3 is 1.38 bits per heavy atom. The first-order chi connectivity index (χ1) is 34.3. The number of nitrogens with zero attached hydrogens (tertiary/aromatic N) is 1. The lowest BCUT2D eigenvalue weighted by molar-refractivity contribution is -0.191. The molecule has 0 fully saturated rings. The summed E-state index contributed by atoms with van der Waals surface area (Å²) in [5, 5.41) is 18.1. The number of benzene rings is 6. The Labute approximate surface area is 437 Å². The van der Waals surface area contributed by atoms with Crippen LogP contribution in [0.4, 0.5) is 27.6 Å². The summed E-state index contributed by atoms with van der Waals surface area (Å²) in [4.78, 5) is 19.6. The normalized spacial score (nSPS) is 10.2. The van der Waals surface area contributed by atoms with Crippen LogP contribution in [-0.4, -0.2) is 23.5 Å². The highest BCUT2D eigenvalue weighted by atomic mass is 35.5. The number of methoxy groups -OCH3 is 1. The Morgan fingerprint density at radius 2 is 1.00 bits per heavy atom. The van der Waals surface area contributed by atoms with E-state index >= 15 is 0 Å². The zero-order valence-corrected chi connectivity index (χ0v) is 45.6. The molecule has 0 aliphatic heterocycles. The van der Waals surface area contributed by atoms with E-state index in [1.165, 1.54) is 60.9 Å². The molecule has 396 valence electrons. The molecule has 0 aromatic heterocycles. The van der Waals surface area contributed by atoms with Gasteiger partial charge >= 0.3 is 6.15 Å². The molecule has 0 saturated carbocycles. The molecule has 0 aliphatic carbocycles. The van der Waals surface area contributed by atoms with Gasteiger partial charge in [0.2, 0.25) is 0 Å². The zero-order chi connectivity index (χ0) is 56.0. The maximum atomic E-state index is 13.2. The molecule has 2 N–H and O–H groups in total. The number of aliphatic hydroxyl groups is 1. The molecule has 73 heavy (non-hydrogen) atoms. The molecule has 0 amide bonds. The van der Waals surface area contributed by atoms with Crippen LogP contribution < -0.4 is 4.74 Å². The van der Waals surface area contributed by atoms with Crippen LogP contribution in [0, 0.1) is 35.7 Å². The van der Waals surface area contributed by atoms with Crippen molar-refractivity contribution in [1.82, 2.24) is 0 Å². The lowest BCUT2D eigenvalue weighted by atomic mass is 10.0. The number of phenolic OH excluding ortho intramolecular Hbond substituents is 1. The van der Waals surface area contributed by atoms with E-state index in [0.717, 1.165) is 35.0 Å². The molecule has 0 heterocycles. The minimum atomic E-state index is -0.549. The first-order valence-corrected chi connectivity index (χ1v) is 24.6. The van der Waals surface area contributed by atoms with E-state index in [1.54, 1.807) is 38.1 Å². The molecule has 6 aromatic carbocycles. The number of halogens is 6. The van der Waals surface area contributed by atoms with Crippen molar-refractivity contribution in [2.75, 3.05) is 7.11 Å². The highest BCUT2D eigenvalue weighted by Crippen LogP contribution is 2.26. The van der Waals surface area contributed by atoms with Crippen molar-refractivity contribution in [2.45, 2.75) is 145 Å². The topological polar surface area (TPSA) is 88.2 Å². The van der Waals surface area contributed by atoms with Crippen LogP contribution in [0.5, 0.6) is 11.5 Å². The standard InChI is InChI=1S/C12H18.C10H12F2O.C10H13FO.C10H11N.C9H10ClF.C9H11FO.CO2/c1-4-5-11-6-8-12(9-7-11)10(2)3;1-6(2)8-4-9(11)7(5-13)3-10(8)12;1-7(2)9-5-4-8(12-3)6-10(9)11;1-8(2)9-4-6-10(11-3)7-5-9;2*1-6(2)8-4-3-7(11)5-9(8)10;2-1-3/h6-10H,4-5H2,1-3H3;3-4,6,13H,5H2,1-2H3;4-7H,1-3H3;4-8H,1-2H3;3-6H,1-2H3;3-6,11H,1-2H3;. The molecule has 12 heteroatoms. The highest BCUT2D eigenvalue weighted by Gasteiger charge is 2.12. The third-order valence-corrected chi connectivity index (χ3v) is 11.2. The monoisotopic (exact) mass is 1030 g/mol. The van der Waals surface area contributed by atoms with E-state index in [1.807, 2.05) is 65.8 Å². The second-order valence-electron chi connectivity index (χ2n) is 18.6. The molecule has 6 rings (SSSR count). The molecule has 6 nitrogen and oxygen atoms in total. The van der Waals surface area contributed by atoms with Gasteiger partial charge in [0.1, 0.15) is 40.6 Å². The fraction of sp³-hybridized carbons (Fsp3) is 0.377. The van der Waals surface area contributed by atoms with Crippen LogP contribution >= 0.6 is 11.6 Å². The van der Waals surface area contributed by atoms with Crippen LogP contribution in [0.1, 0.15) is 176 Å².